The number of hydrogen-bond donors (Lipinski definition) is 1. The average molecular weight is 246 g/mol. The Bertz CT molecular complexity index is 221. The van der Waals surface area contributed by atoms with Crippen LogP contribution in [0.3, 0.4) is 0 Å². The summed E-state index contributed by atoms with van der Waals surface area (Å²) in [6.45, 7) is 10.6. The van der Waals surface area contributed by atoms with Crippen LogP contribution in [0.2, 0.25) is 0 Å². The van der Waals surface area contributed by atoms with E-state index in [1.807, 2.05) is 0 Å². The lowest BCUT2D eigenvalue weighted by Gasteiger charge is -2.29. The van der Waals surface area contributed by atoms with Crippen LogP contribution in [0.5, 0.6) is 0 Å². The zero-order valence-electron chi connectivity index (χ0n) is 10.1. The lowest BCUT2D eigenvalue weighted by atomic mass is 10.0. The van der Waals surface area contributed by atoms with E-state index in [-0.39, 0.29) is 0 Å². The molecule has 2 aliphatic heterocycles. The Morgan fingerprint density at radius 3 is 2.67 bits per heavy atom. The molecular weight excluding hydrogens is 224 g/mol. The zero-order chi connectivity index (χ0) is 11.0. The lowest BCUT2D eigenvalue weighted by Crippen LogP contribution is -2.39. The molecule has 0 aromatic heterocycles. The molecule has 3 atom stereocenters. The SMILES string of the molecule is CC(C)SC1NC2SCCN2C1C(C)C. The molecule has 2 nitrogen and oxygen atoms in total. The fourth-order valence-electron chi connectivity index (χ4n) is 2.49. The molecule has 88 valence electrons. The summed E-state index contributed by atoms with van der Waals surface area (Å²) in [4.78, 5) is 2.66. The summed E-state index contributed by atoms with van der Waals surface area (Å²) in [6.07, 6.45) is 0. The number of fused-ring (bicyclic) bond motifs is 1. The maximum atomic E-state index is 3.77. The van der Waals surface area contributed by atoms with E-state index in [9.17, 15) is 0 Å². The molecule has 2 rings (SSSR count). The fourth-order valence-corrected chi connectivity index (χ4v) is 5.22. The van der Waals surface area contributed by atoms with Crippen molar-refractivity contribution in [2.45, 2.75) is 49.9 Å². The van der Waals surface area contributed by atoms with Crippen molar-refractivity contribution < 1.29 is 0 Å². The van der Waals surface area contributed by atoms with Gasteiger partial charge in [0.25, 0.3) is 0 Å². The van der Waals surface area contributed by atoms with Gasteiger partial charge >= 0.3 is 0 Å². The van der Waals surface area contributed by atoms with Gasteiger partial charge in [0.05, 0.1) is 5.37 Å². The third-order valence-corrected chi connectivity index (χ3v) is 5.42. The minimum atomic E-state index is 0.591. The first kappa shape index (κ1) is 12.1. The van der Waals surface area contributed by atoms with Crippen LogP contribution in [0.15, 0.2) is 0 Å². The normalized spacial score (nSPS) is 36.8. The van der Waals surface area contributed by atoms with E-state index in [4.69, 9.17) is 0 Å². The van der Waals surface area contributed by atoms with E-state index in [2.05, 4.69) is 61.4 Å². The highest BCUT2D eigenvalue weighted by Crippen LogP contribution is 2.38. The monoisotopic (exact) mass is 246 g/mol. The number of hydrogen-bond acceptors (Lipinski definition) is 4. The van der Waals surface area contributed by atoms with Gasteiger partial charge < -0.3 is 0 Å². The molecule has 0 amide bonds. The summed E-state index contributed by atoms with van der Waals surface area (Å²) in [7, 11) is 0. The Hall–Kier alpha value is 0.620. The molecule has 2 saturated heterocycles. The first-order valence-corrected chi connectivity index (χ1v) is 7.87. The van der Waals surface area contributed by atoms with Crippen molar-refractivity contribution in [3.05, 3.63) is 0 Å². The van der Waals surface area contributed by atoms with E-state index in [0.29, 0.717) is 16.1 Å². The van der Waals surface area contributed by atoms with Gasteiger partial charge in [-0.3, -0.25) is 10.2 Å². The molecule has 15 heavy (non-hydrogen) atoms. The first-order valence-electron chi connectivity index (χ1n) is 5.88. The van der Waals surface area contributed by atoms with Crippen molar-refractivity contribution in [3.8, 4) is 0 Å². The van der Waals surface area contributed by atoms with Crippen LogP contribution in [-0.2, 0) is 0 Å². The van der Waals surface area contributed by atoms with Crippen molar-refractivity contribution in [1.29, 1.82) is 0 Å². The van der Waals surface area contributed by atoms with Gasteiger partial charge in [-0.2, -0.15) is 0 Å². The molecule has 0 aromatic carbocycles. The summed E-state index contributed by atoms with van der Waals surface area (Å²) in [5.74, 6) is 2.04. The van der Waals surface area contributed by atoms with Crippen LogP contribution in [-0.4, -0.2) is 39.4 Å². The van der Waals surface area contributed by atoms with Gasteiger partial charge in [0.15, 0.2) is 0 Å². The summed E-state index contributed by atoms with van der Waals surface area (Å²) in [5.41, 5.74) is 0.591. The summed E-state index contributed by atoms with van der Waals surface area (Å²) < 4.78 is 0. The topological polar surface area (TPSA) is 15.3 Å². The lowest BCUT2D eigenvalue weighted by molar-refractivity contribution is 0.217. The smallest absolute Gasteiger partial charge is 0.109 e. The molecular formula is C11H22N2S2. The largest absolute Gasteiger partial charge is 0.280 e. The van der Waals surface area contributed by atoms with Crippen LogP contribution in [0, 0.1) is 5.92 Å². The highest BCUT2D eigenvalue weighted by atomic mass is 32.2. The summed E-state index contributed by atoms with van der Waals surface area (Å²) >= 11 is 4.16. The Labute approximate surface area is 102 Å². The van der Waals surface area contributed by atoms with Gasteiger partial charge in [-0.25, -0.2) is 0 Å². The van der Waals surface area contributed by atoms with Crippen LogP contribution < -0.4 is 5.32 Å². The van der Waals surface area contributed by atoms with Gasteiger partial charge in [0.2, 0.25) is 0 Å². The third kappa shape index (κ3) is 2.48. The van der Waals surface area contributed by atoms with E-state index in [0.717, 1.165) is 12.0 Å². The maximum Gasteiger partial charge on any atom is 0.109 e. The van der Waals surface area contributed by atoms with Gasteiger partial charge in [-0.15, -0.1) is 23.5 Å². The predicted molar refractivity (Wildman–Crippen MR) is 71.2 cm³/mol. The van der Waals surface area contributed by atoms with Crippen molar-refractivity contribution in [1.82, 2.24) is 10.2 Å². The molecule has 2 aliphatic rings. The van der Waals surface area contributed by atoms with Gasteiger partial charge in [-0.05, 0) is 5.92 Å². The molecule has 0 aliphatic carbocycles. The number of thioether (sulfide) groups is 2. The van der Waals surface area contributed by atoms with Crippen LogP contribution >= 0.6 is 23.5 Å². The summed E-state index contributed by atoms with van der Waals surface area (Å²) in [6, 6.07) is 0.720. The Kier molecular flexibility index (Phi) is 3.92. The molecule has 3 unspecified atom stereocenters. The fraction of sp³-hybridized carbons (Fsp3) is 1.00. The molecule has 0 saturated carbocycles. The van der Waals surface area contributed by atoms with Crippen molar-refractivity contribution in [2.75, 3.05) is 12.3 Å². The highest BCUT2D eigenvalue weighted by molar-refractivity contribution is 8.01. The van der Waals surface area contributed by atoms with E-state index >= 15 is 0 Å². The molecule has 2 heterocycles. The molecule has 2 fully saturated rings. The van der Waals surface area contributed by atoms with Crippen LogP contribution in [0.25, 0.3) is 0 Å². The molecule has 0 spiro atoms. The van der Waals surface area contributed by atoms with Crippen molar-refractivity contribution >= 4 is 23.5 Å². The second kappa shape index (κ2) is 4.86. The quantitative estimate of drug-likeness (QED) is 0.822. The van der Waals surface area contributed by atoms with Crippen LogP contribution in [0.1, 0.15) is 27.7 Å². The Balaban J connectivity index is 2.05. The zero-order valence-corrected chi connectivity index (χ0v) is 11.7. The minimum absolute atomic E-state index is 0.591. The van der Waals surface area contributed by atoms with Crippen molar-refractivity contribution in [2.24, 2.45) is 5.92 Å². The van der Waals surface area contributed by atoms with E-state index in [1.165, 1.54) is 12.3 Å². The Morgan fingerprint density at radius 1 is 1.33 bits per heavy atom. The predicted octanol–water partition coefficient (Wildman–Crippen LogP) is 2.41. The molecule has 0 aromatic rings. The third-order valence-electron chi connectivity index (χ3n) is 3.03. The molecule has 4 heteroatoms. The van der Waals surface area contributed by atoms with Crippen LogP contribution in [0.4, 0.5) is 0 Å². The molecule has 0 bridgehead atoms. The van der Waals surface area contributed by atoms with E-state index in [1.54, 1.807) is 0 Å². The van der Waals surface area contributed by atoms with Crippen molar-refractivity contribution in [3.63, 3.8) is 0 Å². The van der Waals surface area contributed by atoms with Gasteiger partial charge in [0, 0.05) is 23.6 Å². The maximum absolute atomic E-state index is 3.77. The average Bonchev–Trinajstić information content (AvgIpc) is 2.60. The second-order valence-corrected chi connectivity index (χ2v) is 7.88. The second-order valence-electron chi connectivity index (χ2n) is 4.97. The van der Waals surface area contributed by atoms with Gasteiger partial charge in [-0.1, -0.05) is 27.7 Å². The molecule has 1 N–H and O–H groups in total. The van der Waals surface area contributed by atoms with E-state index < -0.39 is 0 Å². The van der Waals surface area contributed by atoms with Gasteiger partial charge in [0.1, 0.15) is 5.50 Å². The minimum Gasteiger partial charge on any atom is -0.280 e. The molecule has 0 radical (unpaired) electrons. The number of nitrogens with zero attached hydrogens (tertiary/aromatic N) is 1. The first-order chi connectivity index (χ1) is 7.09. The standard InChI is InChI=1S/C11H22N2S2/c1-7(2)9-10(15-8(3)4)12-11-13(9)5-6-14-11/h7-12H,5-6H2,1-4H3. The number of nitrogens with one attached hydrogen (secondary N) is 1. The number of rotatable bonds is 3. The highest BCUT2D eigenvalue weighted by Gasteiger charge is 2.45. The Morgan fingerprint density at radius 2 is 2.07 bits per heavy atom. The summed E-state index contributed by atoms with van der Waals surface area (Å²) in [5, 5.41) is 5.11.